The molecule has 3 rings (SSSR count). The highest BCUT2D eigenvalue weighted by Gasteiger charge is 2.20. The lowest BCUT2D eigenvalue weighted by atomic mass is 10.1. The Labute approximate surface area is 100 Å². The molecule has 1 aromatic heterocycles. The molecule has 0 unspecified atom stereocenters. The minimum Gasteiger partial charge on any atom is -0.506 e. The van der Waals surface area contributed by atoms with Gasteiger partial charge in [0.2, 0.25) is 0 Å². The van der Waals surface area contributed by atoms with Crippen LogP contribution in [0.15, 0.2) is 18.2 Å². The topological polar surface area (TPSA) is 50.1 Å². The Kier molecular flexibility index (Phi) is 2.52. The van der Waals surface area contributed by atoms with E-state index >= 15 is 0 Å². The zero-order valence-corrected chi connectivity index (χ0v) is 9.98. The number of phenols is 1. The number of fused-ring (bicyclic) bond motifs is 1. The molecule has 1 aromatic carbocycles. The van der Waals surface area contributed by atoms with Crippen LogP contribution in [0.4, 0.5) is 0 Å². The number of nitrogens with one attached hydrogen (secondary N) is 1. The Morgan fingerprint density at radius 2 is 2.12 bits per heavy atom. The van der Waals surface area contributed by atoms with Crippen LogP contribution < -0.4 is 5.32 Å². The molecule has 0 radical (unpaired) electrons. The first-order chi connectivity index (χ1) is 8.27. The molecule has 17 heavy (non-hydrogen) atoms. The Balaban J connectivity index is 2.15. The maximum atomic E-state index is 10.0. The largest absolute Gasteiger partial charge is 0.506 e. The first-order valence-corrected chi connectivity index (χ1v) is 6.15. The van der Waals surface area contributed by atoms with Crippen molar-refractivity contribution in [3.63, 3.8) is 0 Å². The highest BCUT2D eigenvalue weighted by atomic mass is 16.3. The molecule has 2 heterocycles. The van der Waals surface area contributed by atoms with E-state index in [1.165, 1.54) is 0 Å². The molecule has 1 aliphatic rings. The van der Waals surface area contributed by atoms with Crippen molar-refractivity contribution in [1.29, 1.82) is 0 Å². The summed E-state index contributed by atoms with van der Waals surface area (Å²) in [5, 5.41) is 19.0. The smallest absolute Gasteiger partial charge is 0.141 e. The van der Waals surface area contributed by atoms with Gasteiger partial charge < -0.3 is 10.4 Å². The summed E-state index contributed by atoms with van der Waals surface area (Å²) in [5.74, 6) is 0.335. The van der Waals surface area contributed by atoms with Crippen LogP contribution in [0, 0.1) is 6.92 Å². The number of piperidine rings is 1. The maximum Gasteiger partial charge on any atom is 0.141 e. The lowest BCUT2D eigenvalue weighted by Crippen LogP contribution is -2.29. The molecule has 0 atom stereocenters. The van der Waals surface area contributed by atoms with Crippen LogP contribution in [-0.4, -0.2) is 28.0 Å². The summed E-state index contributed by atoms with van der Waals surface area (Å²) in [6.45, 7) is 4.05. The summed E-state index contributed by atoms with van der Waals surface area (Å²) in [7, 11) is 0. The Bertz CT molecular complexity index is 541. The number of aryl methyl sites for hydroxylation is 1. The monoisotopic (exact) mass is 231 g/mol. The fraction of sp³-hybridized carbons (Fsp3) is 0.462. The molecular weight excluding hydrogens is 214 g/mol. The van der Waals surface area contributed by atoms with Crippen molar-refractivity contribution in [3.8, 4) is 5.75 Å². The van der Waals surface area contributed by atoms with Gasteiger partial charge in [0.05, 0.1) is 11.7 Å². The molecule has 0 saturated carbocycles. The number of aromatic hydroxyl groups is 1. The first kappa shape index (κ1) is 10.6. The van der Waals surface area contributed by atoms with E-state index in [4.69, 9.17) is 0 Å². The maximum absolute atomic E-state index is 10.0. The molecule has 0 bridgehead atoms. The number of phenolic OH excluding ortho intramolecular Hbond substituents is 1. The van der Waals surface area contributed by atoms with Gasteiger partial charge in [-0.15, -0.1) is 0 Å². The van der Waals surface area contributed by atoms with E-state index in [0.717, 1.165) is 42.5 Å². The third kappa shape index (κ3) is 1.69. The third-order valence-corrected chi connectivity index (χ3v) is 3.55. The minimum atomic E-state index is 0.335. The summed E-state index contributed by atoms with van der Waals surface area (Å²) in [6, 6.07) is 6.04. The lowest BCUT2D eigenvalue weighted by molar-refractivity contribution is 0.347. The van der Waals surface area contributed by atoms with Gasteiger partial charge in [0.1, 0.15) is 11.3 Å². The zero-order chi connectivity index (χ0) is 11.8. The summed E-state index contributed by atoms with van der Waals surface area (Å²) in [6.07, 6.45) is 2.15. The molecule has 90 valence electrons. The molecule has 2 aromatic rings. The van der Waals surface area contributed by atoms with E-state index < -0.39 is 0 Å². The Hall–Kier alpha value is -1.55. The van der Waals surface area contributed by atoms with E-state index in [1.54, 1.807) is 6.07 Å². The zero-order valence-electron chi connectivity index (χ0n) is 9.98. The van der Waals surface area contributed by atoms with Crippen LogP contribution in [-0.2, 0) is 0 Å². The normalized spacial score (nSPS) is 17.7. The molecule has 0 spiro atoms. The number of rotatable bonds is 1. The molecule has 1 fully saturated rings. The molecule has 4 nitrogen and oxygen atoms in total. The molecular formula is C13H17N3O. The van der Waals surface area contributed by atoms with E-state index in [1.807, 2.05) is 23.7 Å². The van der Waals surface area contributed by atoms with Gasteiger partial charge in [0.15, 0.2) is 0 Å². The van der Waals surface area contributed by atoms with Gasteiger partial charge in [-0.3, -0.25) is 4.68 Å². The van der Waals surface area contributed by atoms with Crippen molar-refractivity contribution < 1.29 is 5.11 Å². The van der Waals surface area contributed by atoms with Crippen molar-refractivity contribution in [2.24, 2.45) is 0 Å². The summed E-state index contributed by atoms with van der Waals surface area (Å²) >= 11 is 0. The van der Waals surface area contributed by atoms with Crippen molar-refractivity contribution in [2.75, 3.05) is 13.1 Å². The second-order valence-electron chi connectivity index (χ2n) is 4.68. The van der Waals surface area contributed by atoms with Gasteiger partial charge in [0.25, 0.3) is 0 Å². The molecule has 0 aliphatic carbocycles. The van der Waals surface area contributed by atoms with E-state index in [2.05, 4.69) is 10.4 Å². The van der Waals surface area contributed by atoms with Crippen LogP contribution in [0.5, 0.6) is 5.75 Å². The Morgan fingerprint density at radius 3 is 2.88 bits per heavy atom. The van der Waals surface area contributed by atoms with E-state index in [-0.39, 0.29) is 0 Å². The summed E-state index contributed by atoms with van der Waals surface area (Å²) in [5.41, 5.74) is 1.88. The molecule has 4 heteroatoms. The molecule has 0 amide bonds. The predicted molar refractivity (Wildman–Crippen MR) is 67.3 cm³/mol. The second-order valence-corrected chi connectivity index (χ2v) is 4.68. The van der Waals surface area contributed by atoms with Crippen LogP contribution in [0.3, 0.4) is 0 Å². The van der Waals surface area contributed by atoms with E-state index in [9.17, 15) is 5.11 Å². The van der Waals surface area contributed by atoms with Crippen LogP contribution >= 0.6 is 0 Å². The van der Waals surface area contributed by atoms with Gasteiger partial charge in [-0.2, -0.15) is 5.10 Å². The van der Waals surface area contributed by atoms with Gasteiger partial charge >= 0.3 is 0 Å². The van der Waals surface area contributed by atoms with Gasteiger partial charge in [-0.05, 0) is 38.9 Å². The quantitative estimate of drug-likeness (QED) is 0.789. The number of benzene rings is 1. The van der Waals surface area contributed by atoms with Gasteiger partial charge in [-0.25, -0.2) is 0 Å². The number of hydrogen-bond acceptors (Lipinski definition) is 3. The van der Waals surface area contributed by atoms with Crippen molar-refractivity contribution in [3.05, 3.63) is 23.9 Å². The van der Waals surface area contributed by atoms with E-state index in [0.29, 0.717) is 11.8 Å². The molecule has 1 aliphatic heterocycles. The standard InChI is InChI=1S/C13H17N3O/c1-9-11-3-2-4-12(17)13(11)16(15-9)10-5-7-14-8-6-10/h2-4,10,14,17H,5-8H2,1H3. The Morgan fingerprint density at radius 1 is 1.35 bits per heavy atom. The first-order valence-electron chi connectivity index (χ1n) is 6.15. The second kappa shape index (κ2) is 4.04. The molecule has 2 N–H and O–H groups in total. The predicted octanol–water partition coefficient (Wildman–Crippen LogP) is 1.97. The number of aromatic nitrogens is 2. The third-order valence-electron chi connectivity index (χ3n) is 3.55. The average molecular weight is 231 g/mol. The van der Waals surface area contributed by atoms with Crippen LogP contribution in [0.1, 0.15) is 24.6 Å². The van der Waals surface area contributed by atoms with Crippen LogP contribution in [0.2, 0.25) is 0 Å². The highest BCUT2D eigenvalue weighted by Crippen LogP contribution is 2.31. The molecule has 1 saturated heterocycles. The minimum absolute atomic E-state index is 0.335. The van der Waals surface area contributed by atoms with Crippen molar-refractivity contribution in [2.45, 2.75) is 25.8 Å². The highest BCUT2D eigenvalue weighted by molar-refractivity contribution is 5.87. The number of hydrogen-bond donors (Lipinski definition) is 2. The summed E-state index contributed by atoms with van der Waals surface area (Å²) < 4.78 is 2.01. The fourth-order valence-corrected chi connectivity index (χ4v) is 2.65. The fourth-order valence-electron chi connectivity index (χ4n) is 2.65. The van der Waals surface area contributed by atoms with Crippen LogP contribution in [0.25, 0.3) is 10.9 Å². The van der Waals surface area contributed by atoms with Gasteiger partial charge in [-0.1, -0.05) is 12.1 Å². The van der Waals surface area contributed by atoms with Crippen molar-refractivity contribution in [1.82, 2.24) is 15.1 Å². The number of nitrogens with zero attached hydrogens (tertiary/aromatic N) is 2. The summed E-state index contributed by atoms with van der Waals surface area (Å²) in [4.78, 5) is 0. The lowest BCUT2D eigenvalue weighted by Gasteiger charge is -2.23. The van der Waals surface area contributed by atoms with Gasteiger partial charge in [0, 0.05) is 5.39 Å². The number of para-hydroxylation sites is 1. The SMILES string of the molecule is Cc1nn(C2CCNCC2)c2c(O)cccc12. The average Bonchev–Trinajstić information content (AvgIpc) is 2.70. The van der Waals surface area contributed by atoms with Crippen molar-refractivity contribution >= 4 is 10.9 Å².